The molecule has 1 aliphatic rings. The van der Waals surface area contributed by atoms with Gasteiger partial charge in [-0.25, -0.2) is 4.39 Å². The Morgan fingerprint density at radius 2 is 2.05 bits per heavy atom. The number of amides is 1. The fraction of sp³-hybridized carbons (Fsp3) is 0.417. The predicted octanol–water partition coefficient (Wildman–Crippen LogP) is 3.44. The molecule has 0 N–H and O–H groups in total. The number of carbonyl (C=O) groups excluding carboxylic acids is 1. The highest BCUT2D eigenvalue weighted by atomic mass is 35.5. The molecule has 1 amide bonds. The first-order valence-electron chi connectivity index (χ1n) is 5.56. The maximum absolute atomic E-state index is 13.7. The normalized spacial score (nSPS) is 20.2. The van der Waals surface area contributed by atoms with Crippen molar-refractivity contribution in [2.24, 2.45) is 5.92 Å². The zero-order valence-electron chi connectivity index (χ0n) is 9.68. The lowest BCUT2D eigenvalue weighted by Crippen LogP contribution is -2.28. The Labute approximate surface area is 112 Å². The number of alkyl halides is 4. The lowest BCUT2D eigenvalue weighted by Gasteiger charge is -2.22. The number of hydrogen-bond donors (Lipinski definition) is 0. The van der Waals surface area contributed by atoms with Gasteiger partial charge in [-0.15, -0.1) is 11.6 Å². The molecule has 0 aromatic heterocycles. The molecule has 1 aromatic carbocycles. The highest BCUT2D eigenvalue weighted by molar-refractivity contribution is 6.18. The summed E-state index contributed by atoms with van der Waals surface area (Å²) in [5.41, 5.74) is -1.84. The van der Waals surface area contributed by atoms with Gasteiger partial charge < -0.3 is 4.90 Å². The van der Waals surface area contributed by atoms with Gasteiger partial charge in [0.2, 0.25) is 5.91 Å². The molecule has 0 bridgehead atoms. The van der Waals surface area contributed by atoms with Gasteiger partial charge in [-0.2, -0.15) is 13.2 Å². The van der Waals surface area contributed by atoms with Crippen molar-refractivity contribution in [1.82, 2.24) is 0 Å². The SMILES string of the molecule is O=C1CC(CCl)CN1c1c(F)cccc1C(F)(F)F. The molecular formula is C12H10ClF4NO. The van der Waals surface area contributed by atoms with E-state index in [0.717, 1.165) is 23.1 Å². The molecule has 1 heterocycles. The van der Waals surface area contributed by atoms with Crippen LogP contribution in [0, 0.1) is 11.7 Å². The molecule has 1 fully saturated rings. The van der Waals surface area contributed by atoms with Crippen LogP contribution < -0.4 is 4.90 Å². The Morgan fingerprint density at radius 3 is 2.58 bits per heavy atom. The summed E-state index contributed by atoms with van der Waals surface area (Å²) in [4.78, 5) is 12.5. The van der Waals surface area contributed by atoms with Crippen molar-refractivity contribution in [2.45, 2.75) is 12.6 Å². The first-order valence-corrected chi connectivity index (χ1v) is 6.10. The van der Waals surface area contributed by atoms with Crippen LogP contribution in [0.2, 0.25) is 0 Å². The number of anilines is 1. The number of benzene rings is 1. The third-order valence-electron chi connectivity index (χ3n) is 2.99. The lowest BCUT2D eigenvalue weighted by molar-refractivity contribution is -0.137. The molecule has 1 aliphatic heterocycles. The molecular weight excluding hydrogens is 286 g/mol. The van der Waals surface area contributed by atoms with Gasteiger partial charge in [0.25, 0.3) is 0 Å². The van der Waals surface area contributed by atoms with Gasteiger partial charge in [0.1, 0.15) is 5.82 Å². The van der Waals surface area contributed by atoms with Gasteiger partial charge >= 0.3 is 6.18 Å². The zero-order valence-corrected chi connectivity index (χ0v) is 10.4. The number of rotatable bonds is 2. The topological polar surface area (TPSA) is 20.3 Å². The van der Waals surface area contributed by atoms with Crippen LogP contribution in [0.1, 0.15) is 12.0 Å². The van der Waals surface area contributed by atoms with Gasteiger partial charge in [-0.3, -0.25) is 4.79 Å². The maximum Gasteiger partial charge on any atom is 0.418 e. The summed E-state index contributed by atoms with van der Waals surface area (Å²) >= 11 is 5.60. The minimum Gasteiger partial charge on any atom is -0.309 e. The Balaban J connectivity index is 2.48. The highest BCUT2D eigenvalue weighted by Crippen LogP contribution is 2.40. The Kier molecular flexibility index (Phi) is 3.71. The summed E-state index contributed by atoms with van der Waals surface area (Å²) in [6.45, 7) is 0.00630. The third kappa shape index (κ3) is 2.68. The van der Waals surface area contributed by atoms with Crippen molar-refractivity contribution in [1.29, 1.82) is 0 Å². The van der Waals surface area contributed by atoms with Crippen LogP contribution in [-0.4, -0.2) is 18.3 Å². The second-order valence-electron chi connectivity index (χ2n) is 4.36. The fourth-order valence-electron chi connectivity index (χ4n) is 2.12. The summed E-state index contributed by atoms with van der Waals surface area (Å²) < 4.78 is 52.3. The number of nitrogens with zero attached hydrogens (tertiary/aromatic N) is 1. The summed E-state index contributed by atoms with van der Waals surface area (Å²) in [5, 5.41) is 0. The van der Waals surface area contributed by atoms with E-state index in [-0.39, 0.29) is 24.8 Å². The molecule has 0 saturated carbocycles. The van der Waals surface area contributed by atoms with Crippen LogP contribution >= 0.6 is 11.6 Å². The van der Waals surface area contributed by atoms with E-state index in [1.807, 2.05) is 0 Å². The molecule has 104 valence electrons. The summed E-state index contributed by atoms with van der Waals surface area (Å²) in [6.07, 6.45) is -4.67. The minimum atomic E-state index is -4.71. The zero-order chi connectivity index (χ0) is 14.2. The molecule has 1 unspecified atom stereocenters. The van der Waals surface area contributed by atoms with Crippen molar-refractivity contribution < 1.29 is 22.4 Å². The number of para-hydroxylation sites is 1. The second-order valence-corrected chi connectivity index (χ2v) is 4.67. The lowest BCUT2D eigenvalue weighted by atomic mass is 10.1. The van der Waals surface area contributed by atoms with E-state index in [2.05, 4.69) is 0 Å². The summed E-state index contributed by atoms with van der Waals surface area (Å²) in [6, 6.07) is 2.65. The third-order valence-corrected chi connectivity index (χ3v) is 3.42. The summed E-state index contributed by atoms with van der Waals surface area (Å²) in [5.74, 6) is -1.70. The highest BCUT2D eigenvalue weighted by Gasteiger charge is 2.40. The average molecular weight is 296 g/mol. The molecule has 19 heavy (non-hydrogen) atoms. The van der Waals surface area contributed by atoms with E-state index in [1.165, 1.54) is 0 Å². The van der Waals surface area contributed by atoms with Gasteiger partial charge in [0, 0.05) is 18.8 Å². The fourth-order valence-corrected chi connectivity index (χ4v) is 2.33. The van der Waals surface area contributed by atoms with Gasteiger partial charge in [0.15, 0.2) is 0 Å². The second kappa shape index (κ2) is 5.00. The molecule has 1 aromatic rings. The van der Waals surface area contributed by atoms with Crippen molar-refractivity contribution in [3.8, 4) is 0 Å². The van der Waals surface area contributed by atoms with Gasteiger partial charge in [-0.05, 0) is 18.1 Å². The average Bonchev–Trinajstić information content (AvgIpc) is 2.69. The van der Waals surface area contributed by atoms with E-state index >= 15 is 0 Å². The van der Waals surface area contributed by atoms with E-state index in [9.17, 15) is 22.4 Å². The monoisotopic (exact) mass is 295 g/mol. The van der Waals surface area contributed by atoms with Crippen LogP contribution in [0.5, 0.6) is 0 Å². The van der Waals surface area contributed by atoms with Crippen LogP contribution in [0.25, 0.3) is 0 Å². The standard InChI is InChI=1S/C12H10ClF4NO/c13-5-7-4-10(19)18(6-7)11-8(12(15,16)17)2-1-3-9(11)14/h1-3,7H,4-6H2. The smallest absolute Gasteiger partial charge is 0.309 e. The van der Waals surface area contributed by atoms with E-state index in [4.69, 9.17) is 11.6 Å². The van der Waals surface area contributed by atoms with Crippen molar-refractivity contribution >= 4 is 23.2 Å². The van der Waals surface area contributed by atoms with Gasteiger partial charge in [0.05, 0.1) is 11.3 Å². The molecule has 2 rings (SSSR count). The first kappa shape index (κ1) is 14.1. The molecule has 1 saturated heterocycles. The van der Waals surface area contributed by atoms with Crippen LogP contribution in [-0.2, 0) is 11.0 Å². The van der Waals surface area contributed by atoms with Crippen molar-refractivity contribution in [2.75, 3.05) is 17.3 Å². The molecule has 0 aliphatic carbocycles. The minimum absolute atomic E-state index is 0.00630. The molecule has 0 spiro atoms. The Hall–Kier alpha value is -1.30. The number of carbonyl (C=O) groups is 1. The van der Waals surface area contributed by atoms with Crippen LogP contribution in [0.15, 0.2) is 18.2 Å². The quantitative estimate of drug-likeness (QED) is 0.604. The van der Waals surface area contributed by atoms with Crippen LogP contribution in [0.3, 0.4) is 0 Å². The molecule has 0 radical (unpaired) electrons. The van der Waals surface area contributed by atoms with Gasteiger partial charge in [-0.1, -0.05) is 6.07 Å². The predicted molar refractivity (Wildman–Crippen MR) is 62.6 cm³/mol. The molecule has 2 nitrogen and oxygen atoms in total. The maximum atomic E-state index is 13.7. The van der Waals surface area contributed by atoms with Crippen molar-refractivity contribution in [3.63, 3.8) is 0 Å². The van der Waals surface area contributed by atoms with E-state index in [0.29, 0.717) is 0 Å². The summed E-state index contributed by atoms with van der Waals surface area (Å²) in [7, 11) is 0. The number of halogens is 5. The molecule has 7 heteroatoms. The van der Waals surface area contributed by atoms with E-state index in [1.54, 1.807) is 0 Å². The first-order chi connectivity index (χ1) is 8.84. The Bertz CT molecular complexity index is 503. The van der Waals surface area contributed by atoms with E-state index < -0.39 is 29.2 Å². The van der Waals surface area contributed by atoms with Crippen LogP contribution in [0.4, 0.5) is 23.2 Å². The largest absolute Gasteiger partial charge is 0.418 e. The Morgan fingerprint density at radius 1 is 1.37 bits per heavy atom. The number of hydrogen-bond acceptors (Lipinski definition) is 1. The molecule has 1 atom stereocenters. The van der Waals surface area contributed by atoms with Crippen molar-refractivity contribution in [3.05, 3.63) is 29.6 Å².